The molecule has 6 nitrogen and oxygen atoms in total. The molecule has 0 radical (unpaired) electrons. The molecule has 0 amide bonds. The zero-order valence-electron chi connectivity index (χ0n) is 16.8. The van der Waals surface area contributed by atoms with Crippen LogP contribution in [0.4, 0.5) is 5.69 Å². The minimum absolute atomic E-state index is 0.170. The number of Topliss-reactive ketones (excluding diaryl/α,β-unsaturated/α-hetero) is 2. The van der Waals surface area contributed by atoms with Gasteiger partial charge >= 0.3 is 0 Å². The first-order chi connectivity index (χ1) is 12.4. The molecule has 108 valence electrons. The molecule has 2 aromatic rings. The molecule has 0 saturated heterocycles. The summed E-state index contributed by atoms with van der Waals surface area (Å²) in [7, 11) is 0. The Kier molecular flexibility index (Phi) is 1.84. The van der Waals surface area contributed by atoms with Gasteiger partial charge in [-0.15, -0.1) is 0 Å². The van der Waals surface area contributed by atoms with Crippen molar-refractivity contribution in [2.45, 2.75) is 32.1 Å². The van der Waals surface area contributed by atoms with Crippen molar-refractivity contribution in [1.29, 1.82) is 0 Å². The van der Waals surface area contributed by atoms with E-state index in [1.807, 2.05) is 0 Å². The van der Waals surface area contributed by atoms with E-state index in [1.54, 1.807) is 0 Å². The maximum Gasteiger partial charge on any atom is 0.264 e. The summed E-state index contributed by atoms with van der Waals surface area (Å²) in [6.07, 6.45) is -2.19. The number of nitrogen functional groups attached to an aromatic ring is 1. The number of benzene rings is 1. The minimum atomic E-state index is -2.91. The van der Waals surface area contributed by atoms with Crippen LogP contribution in [0.25, 0.3) is 10.9 Å². The summed E-state index contributed by atoms with van der Waals surface area (Å²) in [6, 6.07) is -1.05. The smallest absolute Gasteiger partial charge is 0.264 e. The molecule has 1 saturated carbocycles. The number of aryl methyl sites for hydroxylation is 1. The van der Waals surface area contributed by atoms with Crippen molar-refractivity contribution in [2.75, 3.05) is 5.73 Å². The van der Waals surface area contributed by atoms with Gasteiger partial charge in [-0.25, -0.2) is 4.98 Å². The highest BCUT2D eigenvalue weighted by molar-refractivity contribution is 6.03. The molecule has 1 heterocycles. The van der Waals surface area contributed by atoms with Crippen molar-refractivity contribution in [3.63, 3.8) is 0 Å². The summed E-state index contributed by atoms with van der Waals surface area (Å²) in [5, 5.41) is -0.268. The lowest BCUT2D eigenvalue weighted by atomic mass is 9.92. The van der Waals surface area contributed by atoms with Gasteiger partial charge in [0.15, 0.2) is 5.78 Å². The van der Waals surface area contributed by atoms with Gasteiger partial charge in [-0.1, -0.05) is 6.04 Å². The lowest BCUT2D eigenvalue weighted by Crippen LogP contribution is -2.36. The first-order valence-electron chi connectivity index (χ1n) is 9.31. The number of hydrogen-bond acceptors (Lipinski definition) is 5. The van der Waals surface area contributed by atoms with Gasteiger partial charge in [0, 0.05) is 17.6 Å². The third kappa shape index (κ3) is 2.12. The standard InChI is InChI=1S/C15H15N3O3/c1-8-17-11-4-2-3-10(16)14(11)15(21)18(8)12-6-5-9(19)7-13(12)20/h2-4,12H,5-7,16H2,1H3/i1D3,2D,4D,5D. The van der Waals surface area contributed by atoms with E-state index in [-0.39, 0.29) is 29.1 Å². The molecule has 21 heavy (non-hydrogen) atoms. The van der Waals surface area contributed by atoms with Crippen LogP contribution in [0.1, 0.15) is 39.3 Å². The summed E-state index contributed by atoms with van der Waals surface area (Å²) >= 11 is 0. The van der Waals surface area contributed by atoms with E-state index >= 15 is 0 Å². The number of aromatic nitrogens is 2. The SMILES string of the molecule is [2H]c1cc(N)c2c(=O)n(C3CC([2H])C(=O)CC3=O)c(C([2H])([2H])[2H])nc2c1[2H]. The number of ketones is 2. The van der Waals surface area contributed by atoms with Crippen molar-refractivity contribution in [3.8, 4) is 0 Å². The predicted molar refractivity (Wildman–Crippen MR) is 78.1 cm³/mol. The summed E-state index contributed by atoms with van der Waals surface area (Å²) in [5.74, 6) is -2.02. The molecule has 2 N–H and O–H groups in total. The first-order valence-corrected chi connectivity index (χ1v) is 6.23. The molecule has 1 aromatic carbocycles. The largest absolute Gasteiger partial charge is 0.398 e. The average Bonchev–Trinajstić information content (AvgIpc) is 2.54. The van der Waals surface area contributed by atoms with E-state index in [4.69, 9.17) is 14.0 Å². The quantitative estimate of drug-likeness (QED) is 0.628. The van der Waals surface area contributed by atoms with Gasteiger partial charge in [0.25, 0.3) is 5.56 Å². The van der Waals surface area contributed by atoms with Crippen LogP contribution >= 0.6 is 0 Å². The second-order valence-electron chi connectivity index (χ2n) is 4.77. The Morgan fingerprint density at radius 2 is 2.33 bits per heavy atom. The fourth-order valence-corrected chi connectivity index (χ4v) is 2.41. The van der Waals surface area contributed by atoms with E-state index in [1.165, 1.54) is 0 Å². The van der Waals surface area contributed by atoms with Gasteiger partial charge in [-0.3, -0.25) is 19.0 Å². The Bertz CT molecular complexity index is 1050. The highest BCUT2D eigenvalue weighted by atomic mass is 16.2. The molecule has 1 aliphatic rings. The van der Waals surface area contributed by atoms with Crippen LogP contribution in [0, 0.1) is 6.85 Å². The lowest BCUT2D eigenvalue weighted by molar-refractivity contribution is -0.132. The van der Waals surface area contributed by atoms with Crippen LogP contribution in [0.5, 0.6) is 0 Å². The molecule has 1 aliphatic carbocycles. The summed E-state index contributed by atoms with van der Waals surface area (Å²) in [6.45, 7) is -2.91. The highest BCUT2D eigenvalue weighted by Crippen LogP contribution is 2.24. The second-order valence-corrected chi connectivity index (χ2v) is 4.77. The zero-order valence-corrected chi connectivity index (χ0v) is 10.8. The molecule has 0 spiro atoms. The van der Waals surface area contributed by atoms with Gasteiger partial charge < -0.3 is 5.73 Å². The minimum Gasteiger partial charge on any atom is -0.398 e. The van der Waals surface area contributed by atoms with Crippen molar-refractivity contribution >= 4 is 28.2 Å². The molecule has 2 unspecified atom stereocenters. The highest BCUT2D eigenvalue weighted by Gasteiger charge is 2.30. The van der Waals surface area contributed by atoms with Gasteiger partial charge in [0.2, 0.25) is 0 Å². The number of anilines is 1. The number of rotatable bonds is 1. The number of fused-ring (bicyclic) bond motifs is 1. The van der Waals surface area contributed by atoms with Crippen LogP contribution in [0.3, 0.4) is 0 Å². The Hall–Kier alpha value is -2.50. The van der Waals surface area contributed by atoms with Crippen LogP contribution in [-0.4, -0.2) is 21.1 Å². The van der Waals surface area contributed by atoms with Gasteiger partial charge in [-0.05, 0) is 25.4 Å². The normalized spacial score (nSPS) is 27.4. The van der Waals surface area contributed by atoms with Crippen molar-refractivity contribution < 1.29 is 17.8 Å². The maximum absolute atomic E-state index is 13.1. The van der Waals surface area contributed by atoms with E-state index in [2.05, 4.69) is 4.98 Å². The van der Waals surface area contributed by atoms with Crippen molar-refractivity contribution in [3.05, 3.63) is 34.3 Å². The summed E-state index contributed by atoms with van der Waals surface area (Å²) in [5.41, 5.74) is 4.34. The van der Waals surface area contributed by atoms with Gasteiger partial charge in [0.1, 0.15) is 11.6 Å². The molecule has 0 aliphatic heterocycles. The molecule has 6 heteroatoms. The molecular weight excluding hydrogens is 270 g/mol. The maximum atomic E-state index is 13.1. The van der Waals surface area contributed by atoms with Gasteiger partial charge in [-0.2, -0.15) is 0 Å². The number of nitrogens with zero attached hydrogens (tertiary/aromatic N) is 2. The fourth-order valence-electron chi connectivity index (χ4n) is 2.41. The van der Waals surface area contributed by atoms with Crippen molar-refractivity contribution in [1.82, 2.24) is 9.55 Å². The van der Waals surface area contributed by atoms with E-state index in [9.17, 15) is 14.4 Å². The van der Waals surface area contributed by atoms with Crippen molar-refractivity contribution in [2.24, 2.45) is 0 Å². The Labute approximate surface area is 129 Å². The monoisotopic (exact) mass is 291 g/mol. The third-order valence-electron chi connectivity index (χ3n) is 3.42. The number of carbonyl (C=O) groups excluding carboxylic acids is 2. The molecule has 1 aromatic heterocycles. The summed E-state index contributed by atoms with van der Waals surface area (Å²) in [4.78, 5) is 40.9. The molecule has 0 bridgehead atoms. The van der Waals surface area contributed by atoms with Crippen LogP contribution in [0.15, 0.2) is 22.9 Å². The third-order valence-corrected chi connectivity index (χ3v) is 3.42. The van der Waals surface area contributed by atoms with Crippen LogP contribution in [-0.2, 0) is 9.59 Å². The molecule has 2 atom stereocenters. The zero-order chi connectivity index (χ0) is 20.3. The van der Waals surface area contributed by atoms with E-state index in [0.717, 1.165) is 6.07 Å². The van der Waals surface area contributed by atoms with Crippen LogP contribution < -0.4 is 11.3 Å². The average molecular weight is 291 g/mol. The number of hydrogen-bond donors (Lipinski definition) is 1. The fraction of sp³-hybridized carbons (Fsp3) is 0.333. The summed E-state index contributed by atoms with van der Waals surface area (Å²) < 4.78 is 47.1. The van der Waals surface area contributed by atoms with Gasteiger partial charge in [0.05, 0.1) is 26.1 Å². The number of nitrogens with two attached hydrogens (primary N) is 1. The Balaban J connectivity index is 2.41. The molecular formula is C15H15N3O3. The Morgan fingerprint density at radius 3 is 3.10 bits per heavy atom. The molecule has 1 fully saturated rings. The number of carbonyl (C=O) groups is 2. The molecule has 3 rings (SSSR count). The lowest BCUT2D eigenvalue weighted by Gasteiger charge is -2.24. The second kappa shape index (κ2) is 4.80. The van der Waals surface area contributed by atoms with E-state index < -0.39 is 54.7 Å². The van der Waals surface area contributed by atoms with Crippen LogP contribution in [0.2, 0.25) is 0 Å². The first kappa shape index (κ1) is 8.07. The van der Waals surface area contributed by atoms with E-state index in [0.29, 0.717) is 4.57 Å². The topological polar surface area (TPSA) is 95.0 Å². The predicted octanol–water partition coefficient (Wildman–Crippen LogP) is 1.15. The Morgan fingerprint density at radius 1 is 1.52 bits per heavy atom.